The number of ether oxygens (including phenoxy) is 1. The zero-order chi connectivity index (χ0) is 20.2. The van der Waals surface area contributed by atoms with Crippen LogP contribution in [0.25, 0.3) is 22.2 Å². The molecule has 0 aliphatic heterocycles. The normalized spacial score (nSPS) is 15.0. The Labute approximate surface area is 174 Å². The third-order valence-electron chi connectivity index (χ3n) is 5.11. The molecule has 0 amide bonds. The van der Waals surface area contributed by atoms with Crippen molar-refractivity contribution in [1.29, 1.82) is 5.41 Å². The van der Waals surface area contributed by atoms with Crippen LogP contribution in [-0.2, 0) is 0 Å². The number of aromatic nitrogens is 2. The largest absolute Gasteiger partial charge is 0.496 e. The van der Waals surface area contributed by atoms with Gasteiger partial charge in [0.1, 0.15) is 5.75 Å². The summed E-state index contributed by atoms with van der Waals surface area (Å²) in [6, 6.07) is 13.5. The number of nitrogens with two attached hydrogens (primary N) is 1. The van der Waals surface area contributed by atoms with E-state index in [1.54, 1.807) is 13.2 Å². The molecule has 2 heterocycles. The fourth-order valence-corrected chi connectivity index (χ4v) is 4.38. The molecule has 148 valence electrons. The number of amidine groups is 1. The third kappa shape index (κ3) is 4.40. The highest BCUT2D eigenvalue weighted by Gasteiger charge is 2.21. The molecule has 4 rings (SSSR count). The van der Waals surface area contributed by atoms with Crippen LogP contribution in [0.5, 0.6) is 5.75 Å². The molecule has 3 aromatic rings. The SMILES string of the molecule is COc1ccccc1-c1cnc2ccc(N=C(N)SC(=N)C3CCCC3)nc2c1. The monoisotopic (exact) mass is 405 g/mol. The maximum atomic E-state index is 8.23. The molecule has 1 fully saturated rings. The van der Waals surface area contributed by atoms with Crippen molar-refractivity contribution in [2.45, 2.75) is 25.7 Å². The first-order chi connectivity index (χ1) is 14.1. The average Bonchev–Trinajstić information content (AvgIpc) is 3.28. The molecule has 1 aliphatic rings. The summed E-state index contributed by atoms with van der Waals surface area (Å²) in [5, 5.41) is 9.19. The second-order valence-corrected chi connectivity index (χ2v) is 8.09. The number of thioether (sulfide) groups is 1. The summed E-state index contributed by atoms with van der Waals surface area (Å²) in [5.74, 6) is 1.63. The number of hydrogen-bond acceptors (Lipinski definition) is 6. The lowest BCUT2D eigenvalue weighted by molar-refractivity contribution is 0.416. The van der Waals surface area contributed by atoms with Gasteiger partial charge in [0.25, 0.3) is 0 Å². The summed E-state index contributed by atoms with van der Waals surface area (Å²) in [6.07, 6.45) is 6.35. The molecule has 6 nitrogen and oxygen atoms in total. The number of pyridine rings is 2. The van der Waals surface area contributed by atoms with Crippen molar-refractivity contribution in [3.05, 3.63) is 48.7 Å². The van der Waals surface area contributed by atoms with E-state index in [1.165, 1.54) is 24.6 Å². The number of benzene rings is 1. The third-order valence-corrected chi connectivity index (χ3v) is 5.96. The van der Waals surface area contributed by atoms with E-state index in [0.717, 1.165) is 40.8 Å². The minimum absolute atomic E-state index is 0.325. The summed E-state index contributed by atoms with van der Waals surface area (Å²) in [6.45, 7) is 0. The van der Waals surface area contributed by atoms with E-state index in [4.69, 9.17) is 15.9 Å². The molecule has 3 N–H and O–H groups in total. The summed E-state index contributed by atoms with van der Waals surface area (Å²) in [7, 11) is 1.65. The van der Waals surface area contributed by atoms with Gasteiger partial charge in [-0.25, -0.2) is 9.98 Å². The lowest BCUT2D eigenvalue weighted by Crippen LogP contribution is -2.14. The lowest BCUT2D eigenvalue weighted by atomic mass is 10.1. The molecule has 0 saturated heterocycles. The topological polar surface area (TPSA) is 97.2 Å². The molecule has 1 aromatic carbocycles. The number of aliphatic imine (C=N–C) groups is 1. The van der Waals surface area contributed by atoms with Gasteiger partial charge in [-0.3, -0.25) is 10.4 Å². The Morgan fingerprint density at radius 1 is 1.17 bits per heavy atom. The first-order valence-electron chi connectivity index (χ1n) is 9.64. The number of nitrogens with one attached hydrogen (secondary N) is 1. The summed E-state index contributed by atoms with van der Waals surface area (Å²) in [5.41, 5.74) is 9.48. The quantitative estimate of drug-likeness (QED) is 0.462. The smallest absolute Gasteiger partial charge is 0.166 e. The molecule has 7 heteroatoms. The van der Waals surface area contributed by atoms with Crippen LogP contribution >= 0.6 is 11.8 Å². The Hall–Kier alpha value is -2.93. The molecular formula is C22H23N5OS. The number of rotatable bonds is 4. The van der Waals surface area contributed by atoms with Crippen LogP contribution in [0.4, 0.5) is 5.82 Å². The molecule has 0 unspecified atom stereocenters. The zero-order valence-electron chi connectivity index (χ0n) is 16.3. The van der Waals surface area contributed by atoms with Gasteiger partial charge in [-0.15, -0.1) is 0 Å². The van der Waals surface area contributed by atoms with E-state index in [0.29, 0.717) is 21.9 Å². The van der Waals surface area contributed by atoms with Crippen LogP contribution in [0, 0.1) is 11.3 Å². The van der Waals surface area contributed by atoms with Crippen LogP contribution in [0.3, 0.4) is 0 Å². The van der Waals surface area contributed by atoms with Crippen molar-refractivity contribution in [2.24, 2.45) is 16.6 Å². The molecule has 29 heavy (non-hydrogen) atoms. The van der Waals surface area contributed by atoms with Gasteiger partial charge in [0.2, 0.25) is 0 Å². The summed E-state index contributed by atoms with van der Waals surface area (Å²) >= 11 is 1.24. The molecular weight excluding hydrogens is 382 g/mol. The fraction of sp³-hybridized carbons (Fsp3) is 0.273. The van der Waals surface area contributed by atoms with Gasteiger partial charge in [-0.1, -0.05) is 31.0 Å². The van der Waals surface area contributed by atoms with Gasteiger partial charge in [0.15, 0.2) is 11.0 Å². The average molecular weight is 406 g/mol. The lowest BCUT2D eigenvalue weighted by Gasteiger charge is -2.10. The minimum Gasteiger partial charge on any atom is -0.496 e. The number of hydrogen-bond donors (Lipinski definition) is 2. The van der Waals surface area contributed by atoms with Crippen molar-refractivity contribution >= 4 is 38.8 Å². The van der Waals surface area contributed by atoms with Crippen LogP contribution in [0.1, 0.15) is 25.7 Å². The summed E-state index contributed by atoms with van der Waals surface area (Å²) < 4.78 is 5.46. The number of methoxy groups -OCH3 is 1. The molecule has 0 radical (unpaired) electrons. The molecule has 0 atom stereocenters. The molecule has 1 aliphatic carbocycles. The number of fused-ring (bicyclic) bond motifs is 1. The molecule has 0 spiro atoms. The highest BCUT2D eigenvalue weighted by molar-refractivity contribution is 8.26. The molecule has 0 bridgehead atoms. The highest BCUT2D eigenvalue weighted by atomic mass is 32.2. The van der Waals surface area contributed by atoms with Crippen LogP contribution in [0.2, 0.25) is 0 Å². The second kappa shape index (κ2) is 8.61. The predicted molar refractivity (Wildman–Crippen MR) is 120 cm³/mol. The van der Waals surface area contributed by atoms with Crippen molar-refractivity contribution in [3.63, 3.8) is 0 Å². The Morgan fingerprint density at radius 2 is 1.97 bits per heavy atom. The van der Waals surface area contributed by atoms with Crippen LogP contribution in [0.15, 0.2) is 53.7 Å². The number of nitrogens with zero attached hydrogens (tertiary/aromatic N) is 3. The van der Waals surface area contributed by atoms with Crippen molar-refractivity contribution in [1.82, 2.24) is 9.97 Å². The fourth-order valence-electron chi connectivity index (χ4n) is 3.61. The highest BCUT2D eigenvalue weighted by Crippen LogP contribution is 2.32. The van der Waals surface area contributed by atoms with Crippen molar-refractivity contribution < 1.29 is 4.74 Å². The van der Waals surface area contributed by atoms with Gasteiger partial charge in [0, 0.05) is 23.2 Å². The predicted octanol–water partition coefficient (Wildman–Crippen LogP) is 5.15. The second-order valence-electron chi connectivity index (χ2n) is 7.03. The van der Waals surface area contributed by atoms with Gasteiger partial charge in [0.05, 0.1) is 23.2 Å². The summed E-state index contributed by atoms with van der Waals surface area (Å²) in [4.78, 5) is 13.5. The first kappa shape index (κ1) is 19.4. The van der Waals surface area contributed by atoms with Crippen LogP contribution in [-0.4, -0.2) is 27.3 Å². The Bertz CT molecular complexity index is 1080. The van der Waals surface area contributed by atoms with E-state index in [2.05, 4.69) is 15.0 Å². The van der Waals surface area contributed by atoms with E-state index >= 15 is 0 Å². The van der Waals surface area contributed by atoms with E-state index < -0.39 is 0 Å². The Morgan fingerprint density at radius 3 is 2.76 bits per heavy atom. The van der Waals surface area contributed by atoms with E-state index in [-0.39, 0.29) is 0 Å². The van der Waals surface area contributed by atoms with Gasteiger partial charge >= 0.3 is 0 Å². The Kier molecular flexibility index (Phi) is 5.76. The van der Waals surface area contributed by atoms with Crippen molar-refractivity contribution in [3.8, 4) is 16.9 Å². The van der Waals surface area contributed by atoms with Crippen LogP contribution < -0.4 is 10.5 Å². The van der Waals surface area contributed by atoms with E-state index in [9.17, 15) is 0 Å². The Balaban J connectivity index is 1.60. The van der Waals surface area contributed by atoms with E-state index in [1.807, 2.05) is 42.6 Å². The maximum Gasteiger partial charge on any atom is 0.166 e. The van der Waals surface area contributed by atoms with Gasteiger partial charge in [-0.2, -0.15) is 0 Å². The molecule has 1 saturated carbocycles. The molecule has 2 aromatic heterocycles. The zero-order valence-corrected chi connectivity index (χ0v) is 17.1. The minimum atomic E-state index is 0.325. The van der Waals surface area contributed by atoms with Gasteiger partial charge < -0.3 is 10.5 Å². The first-order valence-corrected chi connectivity index (χ1v) is 10.5. The number of para-hydroxylation sites is 1. The maximum absolute atomic E-state index is 8.23. The van der Waals surface area contributed by atoms with Crippen molar-refractivity contribution in [2.75, 3.05) is 7.11 Å². The standard InChI is InChI=1S/C22H23N5OS/c1-28-19-9-5-4-8-16(19)15-12-18-17(25-13-15)10-11-20(26-18)27-22(24)29-21(23)14-6-2-3-7-14/h4-5,8-14,23H,2-3,6-7H2,1H3,(H2,24,26,27). The van der Waals surface area contributed by atoms with Gasteiger partial charge in [-0.05, 0) is 48.9 Å².